The number of hydrogen-bond acceptors (Lipinski definition) is 7. The van der Waals surface area contributed by atoms with E-state index in [2.05, 4.69) is 0 Å². The fraction of sp³-hybridized carbons (Fsp3) is 0.885. The van der Waals surface area contributed by atoms with Crippen molar-refractivity contribution < 1.29 is 46.5 Å². The summed E-state index contributed by atoms with van der Waals surface area (Å²) in [7, 11) is 0. The van der Waals surface area contributed by atoms with Gasteiger partial charge in [0.25, 0.3) is 5.79 Å². The standard InChI is InChI=1S/C26H41F3O7/c1-16(26(27,28)29)33-12-10-11-23(8)15-25(36-19(23)31)13-17(18(30)35-25)34-20(32)24(9,22(5,6)7)14-21(2,3)4/h16-17H,10-15H2,1-9H3. The largest absolute Gasteiger partial charge is 0.450 e. The molecule has 2 heterocycles. The first-order chi connectivity index (χ1) is 16.0. The topological polar surface area (TPSA) is 88.1 Å². The molecule has 0 aromatic rings. The molecule has 2 fully saturated rings. The zero-order valence-electron chi connectivity index (χ0n) is 22.9. The minimum atomic E-state index is -4.46. The fourth-order valence-corrected chi connectivity index (χ4v) is 4.88. The number of rotatable bonds is 8. The van der Waals surface area contributed by atoms with Crippen molar-refractivity contribution >= 4 is 17.9 Å². The second-order valence-electron chi connectivity index (χ2n) is 13.0. The van der Waals surface area contributed by atoms with E-state index in [4.69, 9.17) is 18.9 Å². The summed E-state index contributed by atoms with van der Waals surface area (Å²) >= 11 is 0. The number of esters is 3. The lowest BCUT2D eigenvalue weighted by atomic mass is 9.61. The number of carbonyl (C=O) groups excluding carboxylic acids is 3. The van der Waals surface area contributed by atoms with Gasteiger partial charge >= 0.3 is 24.1 Å². The van der Waals surface area contributed by atoms with Gasteiger partial charge in [-0.1, -0.05) is 41.5 Å². The molecule has 208 valence electrons. The molecule has 0 aliphatic carbocycles. The lowest BCUT2D eigenvalue weighted by Crippen LogP contribution is -2.46. The number of hydrogen-bond donors (Lipinski definition) is 0. The first-order valence-corrected chi connectivity index (χ1v) is 12.4. The van der Waals surface area contributed by atoms with E-state index in [1.165, 1.54) is 0 Å². The average Bonchev–Trinajstić information content (AvgIpc) is 3.08. The molecule has 2 saturated heterocycles. The third-order valence-electron chi connectivity index (χ3n) is 7.42. The van der Waals surface area contributed by atoms with Gasteiger partial charge in [-0.25, -0.2) is 4.79 Å². The Hall–Kier alpha value is -1.84. The summed E-state index contributed by atoms with van der Waals surface area (Å²) in [5.74, 6) is -3.48. The summed E-state index contributed by atoms with van der Waals surface area (Å²) in [4.78, 5) is 38.7. The van der Waals surface area contributed by atoms with Crippen molar-refractivity contribution in [3.63, 3.8) is 0 Å². The van der Waals surface area contributed by atoms with Crippen molar-refractivity contribution in [3.05, 3.63) is 0 Å². The molecule has 0 radical (unpaired) electrons. The third kappa shape index (κ3) is 6.72. The number of halogens is 3. The molecule has 0 aromatic carbocycles. The highest BCUT2D eigenvalue weighted by Crippen LogP contribution is 2.51. The van der Waals surface area contributed by atoms with Gasteiger partial charge < -0.3 is 18.9 Å². The molecular formula is C26H41F3O7. The van der Waals surface area contributed by atoms with E-state index in [-0.39, 0.29) is 37.7 Å². The minimum absolute atomic E-state index is 0.0198. The Labute approximate surface area is 211 Å². The van der Waals surface area contributed by atoms with Gasteiger partial charge in [0, 0.05) is 13.0 Å². The normalized spacial score (nSPS) is 29.6. The lowest BCUT2D eigenvalue weighted by molar-refractivity contribution is -0.214. The van der Waals surface area contributed by atoms with E-state index < -0.39 is 58.3 Å². The number of ether oxygens (including phenoxy) is 4. The highest BCUT2D eigenvalue weighted by atomic mass is 19.4. The molecule has 5 unspecified atom stereocenters. The highest BCUT2D eigenvalue weighted by molar-refractivity contribution is 5.85. The van der Waals surface area contributed by atoms with Crippen LogP contribution in [0.5, 0.6) is 0 Å². The van der Waals surface area contributed by atoms with Crippen molar-refractivity contribution in [1.29, 1.82) is 0 Å². The maximum absolute atomic E-state index is 13.4. The predicted molar refractivity (Wildman–Crippen MR) is 124 cm³/mol. The Kier molecular flexibility index (Phi) is 8.27. The molecule has 1 spiro atoms. The summed E-state index contributed by atoms with van der Waals surface area (Å²) in [6, 6.07) is 0. The molecule has 5 atom stereocenters. The molecular weight excluding hydrogens is 481 g/mol. The van der Waals surface area contributed by atoms with Crippen LogP contribution in [0, 0.1) is 21.7 Å². The van der Waals surface area contributed by atoms with Crippen molar-refractivity contribution in [2.24, 2.45) is 21.7 Å². The van der Waals surface area contributed by atoms with E-state index in [0.29, 0.717) is 6.42 Å². The quantitative estimate of drug-likeness (QED) is 0.297. The van der Waals surface area contributed by atoms with Gasteiger partial charge in [-0.15, -0.1) is 0 Å². The van der Waals surface area contributed by atoms with Crippen LogP contribution in [0.1, 0.15) is 94.4 Å². The smallest absolute Gasteiger partial charge is 0.414 e. The third-order valence-corrected chi connectivity index (χ3v) is 7.42. The zero-order valence-corrected chi connectivity index (χ0v) is 22.9. The van der Waals surface area contributed by atoms with Gasteiger partial charge in [0.1, 0.15) is 0 Å². The van der Waals surface area contributed by atoms with Crippen LogP contribution < -0.4 is 0 Å². The van der Waals surface area contributed by atoms with Crippen molar-refractivity contribution in [1.82, 2.24) is 0 Å². The van der Waals surface area contributed by atoms with Crippen LogP contribution in [-0.4, -0.2) is 48.7 Å². The van der Waals surface area contributed by atoms with E-state index in [9.17, 15) is 27.6 Å². The maximum atomic E-state index is 13.4. The minimum Gasteiger partial charge on any atom is -0.450 e. The van der Waals surface area contributed by atoms with Crippen molar-refractivity contribution in [2.45, 2.75) is 119 Å². The molecule has 10 heteroatoms. The Morgan fingerprint density at radius 3 is 2.17 bits per heavy atom. The summed E-state index contributed by atoms with van der Waals surface area (Å²) in [6.45, 7) is 16.1. The Morgan fingerprint density at radius 2 is 1.67 bits per heavy atom. The van der Waals surface area contributed by atoms with Gasteiger partial charge in [0.05, 0.1) is 17.3 Å². The van der Waals surface area contributed by atoms with Crippen LogP contribution in [0.2, 0.25) is 0 Å². The van der Waals surface area contributed by atoms with E-state index >= 15 is 0 Å². The fourth-order valence-electron chi connectivity index (χ4n) is 4.88. The van der Waals surface area contributed by atoms with Crippen LogP contribution >= 0.6 is 0 Å². The Balaban J connectivity index is 2.05. The molecule has 0 N–H and O–H groups in total. The van der Waals surface area contributed by atoms with E-state index in [1.807, 2.05) is 48.5 Å². The van der Waals surface area contributed by atoms with Crippen LogP contribution in [0.4, 0.5) is 13.2 Å². The molecule has 2 aliphatic heterocycles. The van der Waals surface area contributed by atoms with Crippen LogP contribution in [-0.2, 0) is 33.3 Å². The average molecular weight is 523 g/mol. The van der Waals surface area contributed by atoms with Crippen molar-refractivity contribution in [3.8, 4) is 0 Å². The van der Waals surface area contributed by atoms with Crippen LogP contribution in [0.3, 0.4) is 0 Å². The second-order valence-corrected chi connectivity index (χ2v) is 13.0. The second kappa shape index (κ2) is 9.80. The number of alkyl halides is 3. The SMILES string of the molecule is CC(OCCCC1(C)CC2(CC(OC(=O)C(C)(CC(C)(C)C)C(C)(C)C)C(=O)O2)OC1=O)C(F)(F)F. The van der Waals surface area contributed by atoms with Crippen LogP contribution in [0.25, 0.3) is 0 Å². The summed E-state index contributed by atoms with van der Waals surface area (Å²) in [5.41, 5.74) is -2.60. The monoisotopic (exact) mass is 522 g/mol. The molecule has 0 bridgehead atoms. The van der Waals surface area contributed by atoms with Crippen molar-refractivity contribution in [2.75, 3.05) is 6.61 Å². The van der Waals surface area contributed by atoms with Gasteiger partial charge in [-0.05, 0) is 50.9 Å². The molecule has 2 rings (SSSR count). The molecule has 36 heavy (non-hydrogen) atoms. The van der Waals surface area contributed by atoms with Gasteiger partial charge in [0.2, 0.25) is 6.10 Å². The zero-order chi connectivity index (χ0) is 28.0. The summed E-state index contributed by atoms with van der Waals surface area (Å²) < 4.78 is 59.3. The number of carbonyl (C=O) groups is 3. The molecule has 0 amide bonds. The predicted octanol–water partition coefficient (Wildman–Crippen LogP) is 5.73. The molecule has 0 aromatic heterocycles. The maximum Gasteiger partial charge on any atom is 0.414 e. The Morgan fingerprint density at radius 1 is 1.08 bits per heavy atom. The lowest BCUT2D eigenvalue weighted by Gasteiger charge is -2.43. The van der Waals surface area contributed by atoms with E-state index in [1.54, 1.807) is 6.92 Å². The highest BCUT2D eigenvalue weighted by Gasteiger charge is 2.62. The van der Waals surface area contributed by atoms with Gasteiger partial charge in [-0.2, -0.15) is 13.2 Å². The molecule has 0 saturated carbocycles. The molecule has 2 aliphatic rings. The summed E-state index contributed by atoms with van der Waals surface area (Å²) in [5, 5.41) is 0. The summed E-state index contributed by atoms with van der Waals surface area (Å²) in [6.07, 6.45) is -6.79. The Bertz CT molecular complexity index is 857. The van der Waals surface area contributed by atoms with Crippen LogP contribution in [0.15, 0.2) is 0 Å². The molecule has 7 nitrogen and oxygen atoms in total. The van der Waals surface area contributed by atoms with E-state index in [0.717, 1.165) is 6.92 Å². The first-order valence-electron chi connectivity index (χ1n) is 12.4. The first kappa shape index (κ1) is 30.4. The van der Waals surface area contributed by atoms with Gasteiger partial charge in [-0.3, -0.25) is 9.59 Å². The van der Waals surface area contributed by atoms with Gasteiger partial charge in [0.15, 0.2) is 6.10 Å².